The first-order valence-electron chi connectivity index (χ1n) is 8.31. The second-order valence-electron chi connectivity index (χ2n) is 6.23. The van der Waals surface area contributed by atoms with Crippen LogP contribution in [-0.2, 0) is 0 Å². The summed E-state index contributed by atoms with van der Waals surface area (Å²) in [7, 11) is 1.62. The number of aromatic nitrogens is 1. The van der Waals surface area contributed by atoms with E-state index >= 15 is 0 Å². The topological polar surface area (TPSA) is 43.3 Å². The number of carbonyl (C=O) groups is 1. The first kappa shape index (κ1) is 17.7. The third-order valence-corrected chi connectivity index (χ3v) is 4.45. The van der Waals surface area contributed by atoms with Crippen LogP contribution in [0, 0.1) is 26.6 Å². The lowest BCUT2D eigenvalue weighted by Crippen LogP contribution is -2.14. The normalized spacial score (nSPS) is 10.7. The molecule has 0 aliphatic heterocycles. The van der Waals surface area contributed by atoms with Crippen LogP contribution < -0.4 is 10.1 Å². The molecule has 0 aliphatic carbocycles. The first-order valence-corrected chi connectivity index (χ1v) is 8.31. The zero-order valence-corrected chi connectivity index (χ0v) is 15.3. The lowest BCUT2D eigenvalue weighted by atomic mass is 10.1. The molecule has 134 valence electrons. The van der Waals surface area contributed by atoms with Crippen molar-refractivity contribution in [2.75, 3.05) is 12.4 Å². The van der Waals surface area contributed by atoms with Crippen molar-refractivity contribution in [1.29, 1.82) is 0 Å². The predicted molar refractivity (Wildman–Crippen MR) is 101 cm³/mol. The third kappa shape index (κ3) is 3.33. The molecule has 1 aromatic heterocycles. The molecule has 1 amide bonds. The number of carbonyl (C=O) groups excluding carboxylic acids is 1. The van der Waals surface area contributed by atoms with Crippen LogP contribution in [0.25, 0.3) is 5.69 Å². The number of rotatable bonds is 4. The number of amides is 1. The molecule has 2 aromatic carbocycles. The summed E-state index contributed by atoms with van der Waals surface area (Å²) in [5, 5.41) is 2.81. The molecule has 0 fully saturated rings. The highest BCUT2D eigenvalue weighted by molar-refractivity contribution is 6.05. The van der Waals surface area contributed by atoms with Crippen LogP contribution in [0.2, 0.25) is 0 Å². The van der Waals surface area contributed by atoms with Gasteiger partial charge in [-0.1, -0.05) is 6.07 Å². The Kier molecular flexibility index (Phi) is 4.80. The van der Waals surface area contributed by atoms with Crippen LogP contribution in [0.1, 0.15) is 27.3 Å². The van der Waals surface area contributed by atoms with Gasteiger partial charge in [-0.15, -0.1) is 0 Å². The first-order chi connectivity index (χ1) is 12.4. The Morgan fingerprint density at radius 2 is 1.73 bits per heavy atom. The average Bonchev–Trinajstić information content (AvgIpc) is 2.93. The van der Waals surface area contributed by atoms with Gasteiger partial charge in [-0.05, 0) is 68.8 Å². The van der Waals surface area contributed by atoms with E-state index in [2.05, 4.69) is 5.32 Å². The van der Waals surface area contributed by atoms with Gasteiger partial charge in [-0.3, -0.25) is 4.79 Å². The minimum absolute atomic E-state index is 0.258. The highest BCUT2D eigenvalue weighted by Gasteiger charge is 2.17. The van der Waals surface area contributed by atoms with Crippen molar-refractivity contribution in [3.63, 3.8) is 0 Å². The van der Waals surface area contributed by atoms with Crippen molar-refractivity contribution in [2.45, 2.75) is 20.8 Å². The number of halogens is 1. The van der Waals surface area contributed by atoms with E-state index in [0.717, 1.165) is 28.4 Å². The molecule has 1 heterocycles. The van der Waals surface area contributed by atoms with Crippen LogP contribution in [0.15, 0.2) is 48.5 Å². The Labute approximate surface area is 152 Å². The van der Waals surface area contributed by atoms with Crippen LogP contribution >= 0.6 is 0 Å². The van der Waals surface area contributed by atoms with Gasteiger partial charge in [0.2, 0.25) is 0 Å². The van der Waals surface area contributed by atoms with Crippen molar-refractivity contribution in [3.05, 3.63) is 76.9 Å². The molecule has 3 aromatic rings. The number of nitrogens with one attached hydrogen (secondary N) is 1. The summed E-state index contributed by atoms with van der Waals surface area (Å²) in [6.45, 7) is 5.67. The van der Waals surface area contributed by atoms with Gasteiger partial charge in [0.05, 0.1) is 12.7 Å². The van der Waals surface area contributed by atoms with E-state index in [0.29, 0.717) is 11.3 Å². The highest BCUT2D eigenvalue weighted by atomic mass is 19.1. The summed E-state index contributed by atoms with van der Waals surface area (Å²) in [5.74, 6) is 0.136. The molecule has 0 spiro atoms. The largest absolute Gasteiger partial charge is 0.497 e. The molecule has 0 atom stereocenters. The number of anilines is 1. The van der Waals surface area contributed by atoms with Crippen molar-refractivity contribution in [3.8, 4) is 11.4 Å². The van der Waals surface area contributed by atoms with Crippen LogP contribution in [0.5, 0.6) is 5.75 Å². The van der Waals surface area contributed by atoms with E-state index in [9.17, 15) is 9.18 Å². The van der Waals surface area contributed by atoms with Gasteiger partial charge in [-0.25, -0.2) is 4.39 Å². The van der Waals surface area contributed by atoms with E-state index in [1.165, 1.54) is 12.1 Å². The molecule has 0 saturated carbocycles. The molecule has 3 rings (SSSR count). The summed E-state index contributed by atoms with van der Waals surface area (Å²) in [6, 6.07) is 13.8. The van der Waals surface area contributed by atoms with Gasteiger partial charge in [0.15, 0.2) is 0 Å². The minimum atomic E-state index is -0.380. The van der Waals surface area contributed by atoms with Gasteiger partial charge in [0, 0.05) is 22.8 Å². The maximum atomic E-state index is 13.5. The number of methoxy groups -OCH3 is 1. The van der Waals surface area contributed by atoms with Gasteiger partial charge < -0.3 is 14.6 Å². The Morgan fingerprint density at radius 1 is 1.04 bits per heavy atom. The molecule has 4 nitrogen and oxygen atoms in total. The summed E-state index contributed by atoms with van der Waals surface area (Å²) >= 11 is 0. The minimum Gasteiger partial charge on any atom is -0.497 e. The second-order valence-corrected chi connectivity index (χ2v) is 6.23. The van der Waals surface area contributed by atoms with E-state index in [4.69, 9.17) is 4.74 Å². The van der Waals surface area contributed by atoms with Gasteiger partial charge in [0.1, 0.15) is 11.6 Å². The third-order valence-electron chi connectivity index (χ3n) is 4.45. The molecule has 0 aliphatic rings. The monoisotopic (exact) mass is 352 g/mol. The summed E-state index contributed by atoms with van der Waals surface area (Å²) in [4.78, 5) is 12.7. The molecule has 0 saturated heterocycles. The molecular formula is C21H21FN2O2. The summed E-state index contributed by atoms with van der Waals surface area (Å²) in [6.07, 6.45) is 0. The fraction of sp³-hybridized carbons (Fsp3) is 0.190. The van der Waals surface area contributed by atoms with Crippen LogP contribution in [0.3, 0.4) is 0 Å². The fourth-order valence-electron chi connectivity index (χ4n) is 3.04. The van der Waals surface area contributed by atoms with Gasteiger partial charge in [0.25, 0.3) is 5.91 Å². The highest BCUT2D eigenvalue weighted by Crippen LogP contribution is 2.24. The standard InChI is InChI=1S/C21H21FN2O2/c1-13-5-6-16(22)12-20(13)23-21(25)19-11-14(2)24(15(19)3)17-7-9-18(26-4)10-8-17/h5-12H,1-4H3,(H,23,25). The van der Waals surface area contributed by atoms with Crippen molar-refractivity contribution in [2.24, 2.45) is 0 Å². The Bertz CT molecular complexity index is 959. The van der Waals surface area contributed by atoms with Crippen molar-refractivity contribution in [1.82, 2.24) is 4.57 Å². The number of hydrogen-bond donors (Lipinski definition) is 1. The number of hydrogen-bond acceptors (Lipinski definition) is 2. The van der Waals surface area contributed by atoms with E-state index in [-0.39, 0.29) is 11.7 Å². The lowest BCUT2D eigenvalue weighted by Gasteiger charge is -2.11. The molecular weight excluding hydrogens is 331 g/mol. The van der Waals surface area contributed by atoms with Crippen molar-refractivity contribution < 1.29 is 13.9 Å². The summed E-state index contributed by atoms with van der Waals surface area (Å²) < 4.78 is 20.7. The van der Waals surface area contributed by atoms with Crippen LogP contribution in [0.4, 0.5) is 10.1 Å². The number of aryl methyl sites for hydroxylation is 2. The lowest BCUT2D eigenvalue weighted by molar-refractivity contribution is 0.102. The molecule has 1 N–H and O–H groups in total. The molecule has 26 heavy (non-hydrogen) atoms. The zero-order chi connectivity index (χ0) is 18.8. The Hall–Kier alpha value is -3.08. The van der Waals surface area contributed by atoms with Gasteiger partial charge >= 0.3 is 0 Å². The number of benzene rings is 2. The van der Waals surface area contributed by atoms with E-state index in [1.54, 1.807) is 13.2 Å². The molecule has 5 heteroatoms. The fourth-order valence-corrected chi connectivity index (χ4v) is 3.04. The Morgan fingerprint density at radius 3 is 2.38 bits per heavy atom. The van der Waals surface area contributed by atoms with Crippen molar-refractivity contribution >= 4 is 11.6 Å². The molecule has 0 bridgehead atoms. The second kappa shape index (κ2) is 7.04. The molecule has 0 radical (unpaired) electrons. The average molecular weight is 352 g/mol. The quantitative estimate of drug-likeness (QED) is 0.733. The number of nitrogens with zero attached hydrogens (tertiary/aromatic N) is 1. The smallest absolute Gasteiger partial charge is 0.257 e. The maximum absolute atomic E-state index is 13.5. The Balaban J connectivity index is 1.93. The summed E-state index contributed by atoms with van der Waals surface area (Å²) in [5.41, 5.74) is 4.55. The zero-order valence-electron chi connectivity index (χ0n) is 15.3. The van der Waals surface area contributed by atoms with E-state index < -0.39 is 0 Å². The van der Waals surface area contributed by atoms with Gasteiger partial charge in [-0.2, -0.15) is 0 Å². The predicted octanol–water partition coefficient (Wildman–Crippen LogP) is 4.80. The van der Waals surface area contributed by atoms with Crippen LogP contribution in [-0.4, -0.2) is 17.6 Å². The SMILES string of the molecule is COc1ccc(-n2c(C)cc(C(=O)Nc3cc(F)ccc3C)c2C)cc1. The maximum Gasteiger partial charge on any atom is 0.257 e. The van der Waals surface area contributed by atoms with E-state index in [1.807, 2.05) is 55.7 Å². The number of ether oxygens (including phenoxy) is 1. The molecule has 0 unspecified atom stereocenters.